The lowest BCUT2D eigenvalue weighted by Crippen LogP contribution is -2.17. The highest BCUT2D eigenvalue weighted by molar-refractivity contribution is 6.53. The fourth-order valence-electron chi connectivity index (χ4n) is 3.93. The predicted molar refractivity (Wildman–Crippen MR) is 123 cm³/mol. The summed E-state index contributed by atoms with van der Waals surface area (Å²) in [5.41, 5.74) is -0.0989. The van der Waals surface area contributed by atoms with Crippen LogP contribution in [0.5, 0.6) is 0 Å². The molecular weight excluding hydrogens is 516 g/mol. The molecule has 4 rings (SSSR count). The maximum Gasteiger partial charge on any atom is 0.263 e. The smallest absolute Gasteiger partial charge is 0.263 e. The maximum absolute atomic E-state index is 13.2. The Morgan fingerprint density at radius 2 is 1.85 bits per heavy atom. The number of halogens is 6. The quantitative estimate of drug-likeness (QED) is 0.300. The normalized spacial score (nSPS) is 21.9. The Balaban J connectivity index is 1.52. The van der Waals surface area contributed by atoms with Crippen LogP contribution in [-0.2, 0) is 4.79 Å². The Kier molecular flexibility index (Phi) is 6.39. The number of nitrogens with one attached hydrogen (secondary N) is 1. The first-order valence-electron chi connectivity index (χ1n) is 9.99. The van der Waals surface area contributed by atoms with Crippen molar-refractivity contribution >= 4 is 63.8 Å². The molecule has 1 N–H and O–H groups in total. The van der Waals surface area contributed by atoms with E-state index in [1.54, 1.807) is 0 Å². The summed E-state index contributed by atoms with van der Waals surface area (Å²) in [6, 6.07) is 10.4. The first kappa shape index (κ1) is 24.2. The molecule has 0 radical (unpaired) electrons. The summed E-state index contributed by atoms with van der Waals surface area (Å²) >= 11 is 24.8. The van der Waals surface area contributed by atoms with E-state index in [1.807, 2.05) is 0 Å². The molecule has 2 atom stereocenters. The van der Waals surface area contributed by atoms with Crippen LogP contribution in [0.3, 0.4) is 0 Å². The third-order valence-electron chi connectivity index (χ3n) is 6.01. The molecule has 0 heterocycles. The van der Waals surface area contributed by atoms with Crippen LogP contribution in [-0.4, -0.2) is 16.0 Å². The van der Waals surface area contributed by atoms with E-state index >= 15 is 0 Å². The zero-order valence-electron chi connectivity index (χ0n) is 16.8. The lowest BCUT2D eigenvalue weighted by atomic mass is 9.96. The third-order valence-corrected chi connectivity index (χ3v) is 7.50. The van der Waals surface area contributed by atoms with Crippen molar-refractivity contribution in [1.29, 1.82) is 5.26 Å². The van der Waals surface area contributed by atoms with Gasteiger partial charge in [-0.05, 0) is 54.8 Å². The molecule has 10 heteroatoms. The van der Waals surface area contributed by atoms with E-state index in [4.69, 9.17) is 46.4 Å². The predicted octanol–water partition coefficient (Wildman–Crippen LogP) is 7.33. The lowest BCUT2D eigenvalue weighted by Gasteiger charge is -2.10. The molecule has 0 aliphatic heterocycles. The van der Waals surface area contributed by atoms with Gasteiger partial charge in [-0.25, -0.2) is 8.78 Å². The highest BCUT2D eigenvalue weighted by atomic mass is 35.5. The molecule has 2 aliphatic rings. The second kappa shape index (κ2) is 8.70. The molecule has 4 nitrogen and oxygen atoms in total. The number of carbonyl (C=O) groups is 2. The molecule has 2 fully saturated rings. The van der Waals surface area contributed by atoms with E-state index in [-0.39, 0.29) is 33.4 Å². The van der Waals surface area contributed by atoms with Gasteiger partial charge in [0.2, 0.25) is 5.91 Å². The second-order valence-electron chi connectivity index (χ2n) is 8.42. The molecule has 2 aromatic carbocycles. The topological polar surface area (TPSA) is 70.0 Å². The van der Waals surface area contributed by atoms with E-state index in [2.05, 4.69) is 11.4 Å². The van der Waals surface area contributed by atoms with E-state index in [0.717, 1.165) is 6.07 Å². The van der Waals surface area contributed by atoms with Gasteiger partial charge in [0, 0.05) is 34.2 Å². The number of hydrogen-bond donors (Lipinski definition) is 1. The van der Waals surface area contributed by atoms with Gasteiger partial charge in [-0.3, -0.25) is 9.59 Å². The van der Waals surface area contributed by atoms with Crippen LogP contribution in [0.1, 0.15) is 53.1 Å². The van der Waals surface area contributed by atoms with Crippen LogP contribution in [0.4, 0.5) is 14.5 Å². The number of alkyl halides is 4. The first-order chi connectivity index (χ1) is 15.5. The van der Waals surface area contributed by atoms with Gasteiger partial charge in [-0.1, -0.05) is 23.2 Å². The van der Waals surface area contributed by atoms with Gasteiger partial charge in [-0.2, -0.15) is 5.26 Å². The maximum atomic E-state index is 13.2. The number of benzene rings is 2. The summed E-state index contributed by atoms with van der Waals surface area (Å²) in [4.78, 5) is 25.6. The standard InChI is InChI=1S/C23H16Cl4F2N2O2/c24-13-6-11(5-12(7-13)20(28)29)18-19(23(18,26)27)21(33)31-14-1-2-16(25)15(8-14)17(32)9-22(10-30)3-4-22/h1-2,5-8,18-20H,3-4,9H2,(H,31,33). The van der Waals surface area contributed by atoms with Gasteiger partial charge in [0.1, 0.15) is 4.33 Å². The Morgan fingerprint density at radius 3 is 2.45 bits per heavy atom. The van der Waals surface area contributed by atoms with Crippen molar-refractivity contribution in [3.05, 3.63) is 63.1 Å². The lowest BCUT2D eigenvalue weighted by molar-refractivity contribution is -0.117. The highest BCUT2D eigenvalue weighted by Gasteiger charge is 2.67. The summed E-state index contributed by atoms with van der Waals surface area (Å²) in [6.07, 6.45) is -1.36. The largest absolute Gasteiger partial charge is 0.326 e. The minimum atomic E-state index is -2.74. The SMILES string of the molecule is N#CC1(CC(=O)c2cc(NC(=O)C3C(c4cc(Cl)cc(C(F)F)c4)C3(Cl)Cl)ccc2Cl)CC1. The van der Waals surface area contributed by atoms with Crippen LogP contribution in [0.2, 0.25) is 10.0 Å². The van der Waals surface area contributed by atoms with Crippen molar-refractivity contribution in [2.45, 2.75) is 35.9 Å². The summed E-state index contributed by atoms with van der Waals surface area (Å²) in [6.45, 7) is 0. The average Bonchev–Trinajstić information content (AvgIpc) is 3.63. The van der Waals surface area contributed by atoms with E-state index < -0.39 is 33.9 Å². The summed E-state index contributed by atoms with van der Waals surface area (Å²) in [5, 5.41) is 12.2. The molecule has 33 heavy (non-hydrogen) atoms. The minimum Gasteiger partial charge on any atom is -0.326 e. The summed E-state index contributed by atoms with van der Waals surface area (Å²) in [5.74, 6) is -2.49. The number of Topliss-reactive ketones (excluding diaryl/α,β-unsaturated/α-hetero) is 1. The Morgan fingerprint density at radius 1 is 1.15 bits per heavy atom. The molecule has 0 aromatic heterocycles. The van der Waals surface area contributed by atoms with E-state index in [0.29, 0.717) is 24.1 Å². The van der Waals surface area contributed by atoms with Crippen LogP contribution < -0.4 is 5.32 Å². The second-order valence-corrected chi connectivity index (χ2v) is 10.7. The van der Waals surface area contributed by atoms with Crippen molar-refractivity contribution in [2.75, 3.05) is 5.32 Å². The molecule has 172 valence electrons. The van der Waals surface area contributed by atoms with E-state index in [9.17, 15) is 23.6 Å². The molecule has 0 bridgehead atoms. The van der Waals surface area contributed by atoms with Gasteiger partial charge in [0.25, 0.3) is 6.43 Å². The summed E-state index contributed by atoms with van der Waals surface area (Å²) in [7, 11) is 0. The monoisotopic (exact) mass is 530 g/mol. The molecule has 2 unspecified atom stereocenters. The average molecular weight is 532 g/mol. The van der Waals surface area contributed by atoms with Crippen LogP contribution in [0.15, 0.2) is 36.4 Å². The molecular formula is C23H16Cl4F2N2O2. The number of amides is 1. The minimum absolute atomic E-state index is 0.0546. The Hall–Kier alpha value is -1.91. The van der Waals surface area contributed by atoms with Crippen molar-refractivity contribution < 1.29 is 18.4 Å². The van der Waals surface area contributed by atoms with Crippen molar-refractivity contribution in [3.8, 4) is 6.07 Å². The zero-order chi connectivity index (χ0) is 24.1. The number of rotatable bonds is 7. The van der Waals surface area contributed by atoms with Crippen molar-refractivity contribution in [2.24, 2.45) is 11.3 Å². The third kappa shape index (κ3) is 4.83. The van der Waals surface area contributed by atoms with E-state index in [1.165, 1.54) is 30.3 Å². The molecule has 0 spiro atoms. The number of nitriles is 1. The fraction of sp³-hybridized carbons (Fsp3) is 0.348. The van der Waals surface area contributed by atoms with Gasteiger partial charge < -0.3 is 5.32 Å². The number of ketones is 1. The summed E-state index contributed by atoms with van der Waals surface area (Å²) < 4.78 is 24.8. The Bertz CT molecular complexity index is 1190. The van der Waals surface area contributed by atoms with Gasteiger partial charge in [0.15, 0.2) is 5.78 Å². The van der Waals surface area contributed by atoms with Crippen LogP contribution in [0.25, 0.3) is 0 Å². The van der Waals surface area contributed by atoms with Gasteiger partial charge in [0.05, 0.1) is 22.4 Å². The van der Waals surface area contributed by atoms with Gasteiger partial charge in [-0.15, -0.1) is 23.2 Å². The van der Waals surface area contributed by atoms with Crippen LogP contribution in [0, 0.1) is 22.7 Å². The zero-order valence-corrected chi connectivity index (χ0v) is 19.9. The van der Waals surface area contributed by atoms with Crippen molar-refractivity contribution in [3.63, 3.8) is 0 Å². The van der Waals surface area contributed by atoms with Gasteiger partial charge >= 0.3 is 0 Å². The molecule has 2 aromatic rings. The van der Waals surface area contributed by atoms with Crippen molar-refractivity contribution in [1.82, 2.24) is 0 Å². The Labute approximate surface area is 208 Å². The molecule has 1 amide bonds. The van der Waals surface area contributed by atoms with Crippen LogP contribution >= 0.6 is 46.4 Å². The highest BCUT2D eigenvalue weighted by Crippen LogP contribution is 2.65. The number of anilines is 1. The number of carbonyl (C=O) groups excluding carboxylic acids is 2. The molecule has 2 aliphatic carbocycles. The molecule has 2 saturated carbocycles. The first-order valence-corrected chi connectivity index (χ1v) is 11.5. The molecule has 0 saturated heterocycles. The fourth-order valence-corrected chi connectivity index (χ4v) is 5.23. The number of nitrogens with zero attached hydrogens (tertiary/aromatic N) is 1. The number of hydrogen-bond acceptors (Lipinski definition) is 3.